The first-order valence-corrected chi connectivity index (χ1v) is 6.08. The standard InChI is InChI=1S/C14H13N3O/c15-8-9-5-6-13-11(7-9)10-3-1-2-4-12(10)17(13)14(16)18/h5-7H,1-4H2,(H2,16,18). The van der Waals surface area contributed by atoms with E-state index in [1.54, 1.807) is 10.6 Å². The number of hydrogen-bond acceptors (Lipinski definition) is 2. The second-order valence-electron chi connectivity index (χ2n) is 4.65. The van der Waals surface area contributed by atoms with Crippen LogP contribution in [0, 0.1) is 11.3 Å². The van der Waals surface area contributed by atoms with Crippen molar-refractivity contribution in [3.05, 3.63) is 35.0 Å². The van der Waals surface area contributed by atoms with Gasteiger partial charge in [-0.25, -0.2) is 4.79 Å². The third-order valence-corrected chi connectivity index (χ3v) is 3.62. The van der Waals surface area contributed by atoms with Crippen LogP contribution in [0.5, 0.6) is 0 Å². The summed E-state index contributed by atoms with van der Waals surface area (Å²) in [6.45, 7) is 0. The second kappa shape index (κ2) is 3.88. The maximum atomic E-state index is 11.6. The number of nitrogens with zero attached hydrogens (tertiary/aromatic N) is 2. The number of primary amides is 1. The fourth-order valence-electron chi connectivity index (χ4n) is 2.87. The first-order chi connectivity index (χ1) is 8.72. The first-order valence-electron chi connectivity index (χ1n) is 6.08. The maximum absolute atomic E-state index is 11.6. The number of carbonyl (C=O) groups is 1. The van der Waals surface area contributed by atoms with Crippen molar-refractivity contribution in [3.63, 3.8) is 0 Å². The van der Waals surface area contributed by atoms with Crippen molar-refractivity contribution in [2.75, 3.05) is 0 Å². The van der Waals surface area contributed by atoms with Crippen LogP contribution in [0.4, 0.5) is 4.79 Å². The lowest BCUT2D eigenvalue weighted by Gasteiger charge is -2.13. The van der Waals surface area contributed by atoms with E-state index >= 15 is 0 Å². The van der Waals surface area contributed by atoms with Crippen molar-refractivity contribution in [1.29, 1.82) is 5.26 Å². The summed E-state index contributed by atoms with van der Waals surface area (Å²) in [5.41, 5.74) is 9.14. The molecule has 0 spiro atoms. The Bertz CT molecular complexity index is 691. The molecular weight excluding hydrogens is 226 g/mol. The molecule has 0 saturated heterocycles. The van der Waals surface area contributed by atoms with E-state index in [9.17, 15) is 4.79 Å². The minimum atomic E-state index is -0.437. The molecule has 0 fully saturated rings. The molecule has 4 nitrogen and oxygen atoms in total. The quantitative estimate of drug-likeness (QED) is 0.766. The maximum Gasteiger partial charge on any atom is 0.323 e. The van der Waals surface area contributed by atoms with Crippen molar-refractivity contribution < 1.29 is 4.79 Å². The molecule has 2 N–H and O–H groups in total. The monoisotopic (exact) mass is 239 g/mol. The summed E-state index contributed by atoms with van der Waals surface area (Å²) in [7, 11) is 0. The summed E-state index contributed by atoms with van der Waals surface area (Å²) in [6.07, 6.45) is 4.05. The Labute approximate surface area is 105 Å². The smallest absolute Gasteiger partial charge is 0.323 e. The molecule has 1 aliphatic carbocycles. The van der Waals surface area contributed by atoms with Gasteiger partial charge in [0.25, 0.3) is 0 Å². The number of aryl methyl sites for hydroxylation is 1. The normalized spacial score (nSPS) is 14.2. The average Bonchev–Trinajstić information content (AvgIpc) is 2.72. The number of rotatable bonds is 0. The molecule has 0 bridgehead atoms. The van der Waals surface area contributed by atoms with E-state index in [1.165, 1.54) is 5.56 Å². The summed E-state index contributed by atoms with van der Waals surface area (Å²) in [6, 6.07) is 7.11. The molecule has 90 valence electrons. The van der Waals surface area contributed by atoms with Gasteiger partial charge in [-0.2, -0.15) is 5.26 Å². The van der Waals surface area contributed by atoms with E-state index in [1.807, 2.05) is 12.1 Å². The van der Waals surface area contributed by atoms with Crippen molar-refractivity contribution in [3.8, 4) is 6.07 Å². The predicted octanol–water partition coefficient (Wildman–Crippen LogP) is 2.32. The van der Waals surface area contributed by atoms with Crippen LogP contribution in [0.15, 0.2) is 18.2 Å². The van der Waals surface area contributed by atoms with Crippen LogP contribution in [0.25, 0.3) is 10.9 Å². The Balaban J connectivity index is 2.40. The van der Waals surface area contributed by atoms with Crippen LogP contribution in [0.3, 0.4) is 0 Å². The molecular formula is C14H13N3O. The van der Waals surface area contributed by atoms with Crippen molar-refractivity contribution >= 4 is 16.9 Å². The van der Waals surface area contributed by atoms with E-state index < -0.39 is 6.03 Å². The third-order valence-electron chi connectivity index (χ3n) is 3.62. The minimum absolute atomic E-state index is 0.437. The van der Waals surface area contributed by atoms with E-state index in [0.29, 0.717) is 5.56 Å². The highest BCUT2D eigenvalue weighted by atomic mass is 16.2. The lowest BCUT2D eigenvalue weighted by Crippen LogP contribution is -2.22. The number of nitriles is 1. The largest absolute Gasteiger partial charge is 0.351 e. The fraction of sp³-hybridized carbons (Fsp3) is 0.286. The number of carbonyl (C=O) groups excluding carboxylic acids is 1. The first kappa shape index (κ1) is 10.8. The lowest BCUT2D eigenvalue weighted by molar-refractivity contribution is 0.250. The average molecular weight is 239 g/mol. The van der Waals surface area contributed by atoms with Gasteiger partial charge in [0.2, 0.25) is 0 Å². The van der Waals surface area contributed by atoms with Gasteiger partial charge in [-0.1, -0.05) is 0 Å². The molecule has 0 saturated carbocycles. The Hall–Kier alpha value is -2.28. The number of fused-ring (bicyclic) bond motifs is 3. The SMILES string of the molecule is N#Cc1ccc2c(c1)c1c(n2C(N)=O)CCCC1. The zero-order valence-electron chi connectivity index (χ0n) is 9.94. The molecule has 2 aromatic rings. The molecule has 0 atom stereocenters. The van der Waals surface area contributed by atoms with Crippen LogP contribution in [-0.4, -0.2) is 10.6 Å². The van der Waals surface area contributed by atoms with Gasteiger partial charge < -0.3 is 5.73 Å². The van der Waals surface area contributed by atoms with Gasteiger partial charge in [-0.15, -0.1) is 0 Å². The summed E-state index contributed by atoms with van der Waals surface area (Å²) in [4.78, 5) is 11.6. The molecule has 1 aromatic carbocycles. The molecule has 1 amide bonds. The molecule has 1 aliphatic rings. The molecule has 1 aromatic heterocycles. The van der Waals surface area contributed by atoms with Crippen molar-refractivity contribution in [2.45, 2.75) is 25.7 Å². The highest BCUT2D eigenvalue weighted by molar-refractivity contribution is 5.95. The zero-order valence-corrected chi connectivity index (χ0v) is 9.94. The number of benzene rings is 1. The molecule has 1 heterocycles. The molecule has 4 heteroatoms. The number of nitrogens with two attached hydrogens (primary N) is 1. The molecule has 0 aliphatic heterocycles. The van der Waals surface area contributed by atoms with Crippen LogP contribution in [0.1, 0.15) is 29.7 Å². The number of amides is 1. The van der Waals surface area contributed by atoms with Gasteiger partial charge in [0, 0.05) is 11.1 Å². The number of hydrogen-bond donors (Lipinski definition) is 1. The van der Waals surface area contributed by atoms with E-state index in [-0.39, 0.29) is 0 Å². The Morgan fingerprint density at radius 3 is 2.83 bits per heavy atom. The van der Waals surface area contributed by atoms with Gasteiger partial charge in [0.1, 0.15) is 0 Å². The Morgan fingerprint density at radius 1 is 1.33 bits per heavy atom. The van der Waals surface area contributed by atoms with Gasteiger partial charge >= 0.3 is 6.03 Å². The Morgan fingerprint density at radius 2 is 2.11 bits per heavy atom. The fourth-order valence-corrected chi connectivity index (χ4v) is 2.87. The highest BCUT2D eigenvalue weighted by Crippen LogP contribution is 2.32. The Kier molecular flexibility index (Phi) is 2.34. The van der Waals surface area contributed by atoms with Gasteiger partial charge in [0.05, 0.1) is 17.1 Å². The summed E-state index contributed by atoms with van der Waals surface area (Å²) in [5.74, 6) is 0. The molecule has 0 unspecified atom stereocenters. The van der Waals surface area contributed by atoms with Gasteiger partial charge in [0.15, 0.2) is 0 Å². The summed E-state index contributed by atoms with van der Waals surface area (Å²) < 4.78 is 1.60. The molecule has 18 heavy (non-hydrogen) atoms. The van der Waals surface area contributed by atoms with Crippen molar-refractivity contribution in [1.82, 2.24) is 4.57 Å². The highest BCUT2D eigenvalue weighted by Gasteiger charge is 2.22. The second-order valence-corrected chi connectivity index (χ2v) is 4.65. The van der Waals surface area contributed by atoms with E-state index in [4.69, 9.17) is 11.0 Å². The zero-order chi connectivity index (χ0) is 12.7. The minimum Gasteiger partial charge on any atom is -0.351 e. The van der Waals surface area contributed by atoms with Crippen LogP contribution in [0.2, 0.25) is 0 Å². The van der Waals surface area contributed by atoms with Crippen LogP contribution in [-0.2, 0) is 12.8 Å². The van der Waals surface area contributed by atoms with Gasteiger partial charge in [-0.05, 0) is 49.4 Å². The van der Waals surface area contributed by atoms with Gasteiger partial charge in [-0.3, -0.25) is 4.57 Å². The third kappa shape index (κ3) is 1.41. The number of aromatic nitrogens is 1. The molecule has 3 rings (SSSR count). The lowest BCUT2D eigenvalue weighted by atomic mass is 9.95. The summed E-state index contributed by atoms with van der Waals surface area (Å²) in [5, 5.41) is 9.97. The van der Waals surface area contributed by atoms with Crippen molar-refractivity contribution in [2.24, 2.45) is 5.73 Å². The molecule has 0 radical (unpaired) electrons. The topological polar surface area (TPSA) is 71.8 Å². The van der Waals surface area contributed by atoms with E-state index in [2.05, 4.69) is 6.07 Å². The van der Waals surface area contributed by atoms with E-state index in [0.717, 1.165) is 42.3 Å². The summed E-state index contributed by atoms with van der Waals surface area (Å²) >= 11 is 0. The predicted molar refractivity (Wildman–Crippen MR) is 68.3 cm³/mol. The van der Waals surface area contributed by atoms with Crippen LogP contribution < -0.4 is 5.73 Å². The van der Waals surface area contributed by atoms with Crippen LogP contribution >= 0.6 is 0 Å².